The first-order valence-corrected chi connectivity index (χ1v) is 6.53. The van der Waals surface area contributed by atoms with E-state index in [1.54, 1.807) is 13.1 Å². The summed E-state index contributed by atoms with van der Waals surface area (Å²) in [6.07, 6.45) is 0.0387. The number of H-pyrrole nitrogens is 1. The van der Waals surface area contributed by atoms with Gasteiger partial charge in [-0.05, 0) is 6.07 Å². The Morgan fingerprint density at radius 2 is 2.05 bits per heavy atom. The second-order valence-corrected chi connectivity index (χ2v) is 5.23. The van der Waals surface area contributed by atoms with E-state index in [2.05, 4.69) is 4.98 Å². The molecular weight excluding hydrogens is 270 g/mol. The van der Waals surface area contributed by atoms with Gasteiger partial charge in [-0.3, -0.25) is 18.7 Å². The van der Waals surface area contributed by atoms with Gasteiger partial charge in [0.1, 0.15) is 5.52 Å². The van der Waals surface area contributed by atoms with Crippen LogP contribution in [-0.4, -0.2) is 30.9 Å². The van der Waals surface area contributed by atoms with Crippen molar-refractivity contribution in [2.24, 2.45) is 14.1 Å². The van der Waals surface area contributed by atoms with E-state index in [1.165, 1.54) is 23.4 Å². The lowest BCUT2D eigenvalue weighted by atomic mass is 10.4. The highest BCUT2D eigenvalue weighted by molar-refractivity contribution is 7.99. The number of carbonyl (C=O) groups is 1. The fourth-order valence-electron chi connectivity index (χ4n) is 1.76. The van der Waals surface area contributed by atoms with E-state index in [0.29, 0.717) is 21.8 Å². The molecule has 2 N–H and O–H groups in total. The Bertz CT molecular complexity index is 756. The molecule has 102 valence electrons. The average Bonchev–Trinajstić information content (AvgIpc) is 2.77. The number of aromatic nitrogens is 3. The zero-order valence-corrected chi connectivity index (χ0v) is 11.3. The van der Waals surface area contributed by atoms with E-state index in [4.69, 9.17) is 5.11 Å². The van der Waals surface area contributed by atoms with Crippen molar-refractivity contribution in [3.05, 3.63) is 26.9 Å². The van der Waals surface area contributed by atoms with Gasteiger partial charge in [-0.25, -0.2) is 4.79 Å². The van der Waals surface area contributed by atoms with Gasteiger partial charge in [0.25, 0.3) is 5.56 Å². The third-order valence-corrected chi connectivity index (χ3v) is 3.74. The molecule has 0 aliphatic rings. The Hall–Kier alpha value is -1.96. The largest absolute Gasteiger partial charge is 0.481 e. The summed E-state index contributed by atoms with van der Waals surface area (Å²) in [5, 5.41) is 9.25. The SMILES string of the molecule is Cn1c(=O)c2[nH]c(SCCC(=O)O)cc2n(C)c1=O. The van der Waals surface area contributed by atoms with Crippen LogP contribution in [0.3, 0.4) is 0 Å². The number of aromatic amines is 1. The molecular formula is C11H13N3O4S. The fourth-order valence-corrected chi connectivity index (χ4v) is 2.62. The van der Waals surface area contributed by atoms with Crippen LogP contribution in [0.5, 0.6) is 0 Å². The summed E-state index contributed by atoms with van der Waals surface area (Å²) in [6.45, 7) is 0. The lowest BCUT2D eigenvalue weighted by molar-refractivity contribution is -0.136. The number of carboxylic acids is 1. The molecule has 0 fully saturated rings. The molecule has 0 amide bonds. The summed E-state index contributed by atoms with van der Waals surface area (Å²) in [4.78, 5) is 37.0. The Kier molecular flexibility index (Phi) is 3.52. The van der Waals surface area contributed by atoms with Crippen LogP contribution in [0.1, 0.15) is 6.42 Å². The third kappa shape index (κ3) is 2.43. The molecule has 0 bridgehead atoms. The van der Waals surface area contributed by atoms with E-state index in [9.17, 15) is 14.4 Å². The minimum Gasteiger partial charge on any atom is -0.481 e. The van der Waals surface area contributed by atoms with Crippen LogP contribution in [0.2, 0.25) is 0 Å². The topological polar surface area (TPSA) is 97.1 Å². The Morgan fingerprint density at radius 1 is 1.37 bits per heavy atom. The number of nitrogens with one attached hydrogen (secondary N) is 1. The molecule has 2 aromatic rings. The zero-order valence-electron chi connectivity index (χ0n) is 10.5. The Balaban J connectivity index is 2.44. The van der Waals surface area contributed by atoms with Crippen LogP contribution < -0.4 is 11.2 Å². The van der Waals surface area contributed by atoms with Gasteiger partial charge in [-0.2, -0.15) is 0 Å². The first kappa shape index (κ1) is 13.5. The van der Waals surface area contributed by atoms with E-state index in [-0.39, 0.29) is 12.0 Å². The summed E-state index contributed by atoms with van der Waals surface area (Å²) in [5.41, 5.74) is 0.0927. The summed E-state index contributed by atoms with van der Waals surface area (Å²) in [6, 6.07) is 1.69. The number of aliphatic carboxylic acids is 1. The highest BCUT2D eigenvalue weighted by atomic mass is 32.2. The van der Waals surface area contributed by atoms with Crippen LogP contribution in [-0.2, 0) is 18.9 Å². The normalized spacial score (nSPS) is 11.1. The first-order valence-electron chi connectivity index (χ1n) is 5.55. The van der Waals surface area contributed by atoms with E-state index < -0.39 is 11.7 Å². The Morgan fingerprint density at radius 3 is 2.68 bits per heavy atom. The highest BCUT2D eigenvalue weighted by Crippen LogP contribution is 2.21. The van der Waals surface area contributed by atoms with Crippen molar-refractivity contribution in [1.29, 1.82) is 0 Å². The molecule has 0 atom stereocenters. The number of aryl methyl sites for hydroxylation is 1. The number of fused-ring (bicyclic) bond motifs is 1. The molecule has 0 spiro atoms. The number of nitrogens with zero attached hydrogens (tertiary/aromatic N) is 2. The smallest absolute Gasteiger partial charge is 0.331 e. The molecule has 0 saturated heterocycles. The van der Waals surface area contributed by atoms with Gasteiger partial charge in [0, 0.05) is 19.8 Å². The predicted molar refractivity (Wildman–Crippen MR) is 71.8 cm³/mol. The summed E-state index contributed by atoms with van der Waals surface area (Å²) in [7, 11) is 3.01. The molecule has 7 nitrogen and oxygen atoms in total. The highest BCUT2D eigenvalue weighted by Gasteiger charge is 2.12. The second kappa shape index (κ2) is 4.96. The molecule has 2 aromatic heterocycles. The van der Waals surface area contributed by atoms with Crippen LogP contribution in [0.15, 0.2) is 20.7 Å². The first-order chi connectivity index (χ1) is 8.91. The molecule has 0 aromatic carbocycles. The number of hydrogen-bond donors (Lipinski definition) is 2. The van der Waals surface area contributed by atoms with Gasteiger partial charge < -0.3 is 10.1 Å². The van der Waals surface area contributed by atoms with Gasteiger partial charge in [0.2, 0.25) is 0 Å². The maximum Gasteiger partial charge on any atom is 0.331 e. The maximum absolute atomic E-state index is 11.9. The molecule has 0 saturated carbocycles. The standard InChI is InChI=1S/C11H13N3O4S/c1-13-6-5-7(19-4-3-8(15)16)12-9(6)10(17)14(2)11(13)18/h5,12H,3-4H2,1-2H3,(H,15,16). The molecule has 0 unspecified atom stereocenters. The van der Waals surface area contributed by atoms with E-state index >= 15 is 0 Å². The quantitative estimate of drug-likeness (QED) is 0.777. The fraction of sp³-hybridized carbons (Fsp3) is 0.364. The molecule has 2 heterocycles. The molecule has 19 heavy (non-hydrogen) atoms. The third-order valence-electron chi connectivity index (χ3n) is 2.80. The van der Waals surface area contributed by atoms with Crippen molar-refractivity contribution in [2.45, 2.75) is 11.4 Å². The summed E-state index contributed by atoms with van der Waals surface area (Å²) in [5.74, 6) is -0.469. The summed E-state index contributed by atoms with van der Waals surface area (Å²) < 4.78 is 2.42. The zero-order chi connectivity index (χ0) is 14.2. The van der Waals surface area contributed by atoms with Gasteiger partial charge in [0.05, 0.1) is 17.0 Å². The number of thioether (sulfide) groups is 1. The maximum atomic E-state index is 11.9. The molecule has 0 aliphatic carbocycles. The monoisotopic (exact) mass is 283 g/mol. The average molecular weight is 283 g/mol. The molecule has 0 radical (unpaired) electrons. The number of rotatable bonds is 4. The van der Waals surface area contributed by atoms with Gasteiger partial charge in [0.15, 0.2) is 0 Å². The predicted octanol–water partition coefficient (Wildman–Crippen LogP) is 0.132. The van der Waals surface area contributed by atoms with Crippen molar-refractivity contribution in [1.82, 2.24) is 14.1 Å². The number of hydrogen-bond acceptors (Lipinski definition) is 4. The van der Waals surface area contributed by atoms with Gasteiger partial charge in [-0.1, -0.05) is 0 Å². The lowest BCUT2D eigenvalue weighted by Gasteiger charge is -2.02. The number of carboxylic acid groups (broad SMARTS) is 1. The van der Waals surface area contributed by atoms with Crippen molar-refractivity contribution in [3.8, 4) is 0 Å². The van der Waals surface area contributed by atoms with E-state index in [0.717, 1.165) is 4.57 Å². The summed E-state index contributed by atoms with van der Waals surface area (Å²) >= 11 is 1.30. The van der Waals surface area contributed by atoms with Gasteiger partial charge in [-0.15, -0.1) is 11.8 Å². The lowest BCUT2D eigenvalue weighted by Crippen LogP contribution is -2.36. The minimum absolute atomic E-state index is 0.0387. The molecule has 8 heteroatoms. The molecule has 0 aliphatic heterocycles. The van der Waals surface area contributed by atoms with Crippen molar-refractivity contribution >= 4 is 28.8 Å². The van der Waals surface area contributed by atoms with Crippen molar-refractivity contribution in [3.63, 3.8) is 0 Å². The van der Waals surface area contributed by atoms with Gasteiger partial charge >= 0.3 is 11.7 Å². The second-order valence-electron chi connectivity index (χ2n) is 4.09. The van der Waals surface area contributed by atoms with Crippen molar-refractivity contribution in [2.75, 3.05) is 5.75 Å². The van der Waals surface area contributed by atoms with Crippen LogP contribution >= 0.6 is 11.8 Å². The Labute approximate surface area is 111 Å². The molecule has 2 rings (SSSR count). The minimum atomic E-state index is -0.869. The van der Waals surface area contributed by atoms with Crippen LogP contribution in [0.25, 0.3) is 11.0 Å². The van der Waals surface area contributed by atoms with E-state index in [1.807, 2.05) is 0 Å². The van der Waals surface area contributed by atoms with Crippen molar-refractivity contribution < 1.29 is 9.90 Å². The van der Waals surface area contributed by atoms with Crippen LogP contribution in [0.4, 0.5) is 0 Å². The van der Waals surface area contributed by atoms with Crippen LogP contribution in [0, 0.1) is 0 Å².